The van der Waals surface area contributed by atoms with Crippen LogP contribution >= 0.6 is 0 Å². The molecule has 2 aliphatic rings. The van der Waals surface area contributed by atoms with Crippen LogP contribution in [-0.4, -0.2) is 84.6 Å². The third kappa shape index (κ3) is 6.24. The molecule has 202 valence electrons. The molecule has 1 fully saturated rings. The molecule has 14 heteroatoms. The number of carbonyl (C=O) groups excluding carboxylic acids is 1. The fourth-order valence-corrected chi connectivity index (χ4v) is 4.40. The molecule has 0 aliphatic carbocycles. The third-order valence-corrected chi connectivity index (χ3v) is 6.22. The van der Waals surface area contributed by atoms with Crippen LogP contribution in [-0.2, 0) is 15.7 Å². The summed E-state index contributed by atoms with van der Waals surface area (Å²) in [5.74, 6) is 0.548. The Morgan fingerprint density at radius 3 is 2.92 bits per heavy atom. The summed E-state index contributed by atoms with van der Waals surface area (Å²) >= 11 is 0. The number of aromatic amines is 1. The number of piperazine rings is 1. The van der Waals surface area contributed by atoms with E-state index in [0.29, 0.717) is 44.2 Å². The number of amides is 1. The summed E-state index contributed by atoms with van der Waals surface area (Å²) in [4.78, 5) is 32.2. The summed E-state index contributed by atoms with van der Waals surface area (Å²) in [5.41, 5.74) is -0.859. The minimum Gasteiger partial charge on any atom is -0.490 e. The number of fused-ring (bicyclic) bond motifs is 3. The van der Waals surface area contributed by atoms with Crippen LogP contribution in [0.4, 0.5) is 24.7 Å². The monoisotopic (exact) mass is 526 g/mol. The molecule has 2 N–H and O–H groups in total. The number of ether oxygens (including phenoxy) is 3. The quantitative estimate of drug-likeness (QED) is 0.497. The van der Waals surface area contributed by atoms with Crippen LogP contribution in [0.2, 0.25) is 0 Å². The number of rotatable bonds is 8. The number of halogens is 3. The molecule has 4 rings (SSSR count). The lowest BCUT2D eigenvalue weighted by Gasteiger charge is -2.41. The molecule has 2 aliphatic heterocycles. The molecule has 0 aromatic carbocycles. The Bertz CT molecular complexity index is 1160. The minimum absolute atomic E-state index is 0.0634. The number of nitrogens with zero attached hydrogens (tertiary/aromatic N) is 4. The van der Waals surface area contributed by atoms with Crippen LogP contribution in [0.1, 0.15) is 25.3 Å². The molecular weight excluding hydrogens is 497 g/mol. The highest BCUT2D eigenvalue weighted by Crippen LogP contribution is 2.38. The van der Waals surface area contributed by atoms with Crippen molar-refractivity contribution in [2.24, 2.45) is 0 Å². The first-order chi connectivity index (χ1) is 17.7. The topological polar surface area (TPSA) is 122 Å². The molecule has 0 radical (unpaired) electrons. The van der Waals surface area contributed by atoms with Crippen molar-refractivity contribution in [1.82, 2.24) is 20.1 Å². The predicted molar refractivity (Wildman–Crippen MR) is 127 cm³/mol. The molecule has 11 nitrogen and oxygen atoms in total. The molecule has 2 aromatic heterocycles. The van der Waals surface area contributed by atoms with Crippen molar-refractivity contribution in [3.8, 4) is 11.5 Å². The van der Waals surface area contributed by atoms with Gasteiger partial charge in [0.1, 0.15) is 5.69 Å². The SMILES string of the molecule is COc1c(N[C@@H](C)COCCC(=O)N2CCN3c4ncc(C(F)(F)F)cc4OCC[C@@H]3C2)cn[nH]c1=O. The van der Waals surface area contributed by atoms with Gasteiger partial charge in [0.05, 0.1) is 51.2 Å². The predicted octanol–water partition coefficient (Wildman–Crippen LogP) is 1.90. The summed E-state index contributed by atoms with van der Waals surface area (Å²) in [5, 5.41) is 9.14. The van der Waals surface area contributed by atoms with Crippen LogP contribution in [0, 0.1) is 0 Å². The Labute approximate surface area is 210 Å². The molecule has 37 heavy (non-hydrogen) atoms. The minimum atomic E-state index is -4.50. The molecule has 2 atom stereocenters. The van der Waals surface area contributed by atoms with Gasteiger partial charge in [-0.3, -0.25) is 9.59 Å². The van der Waals surface area contributed by atoms with E-state index < -0.39 is 17.3 Å². The van der Waals surface area contributed by atoms with E-state index in [-0.39, 0.29) is 49.1 Å². The van der Waals surface area contributed by atoms with E-state index >= 15 is 0 Å². The van der Waals surface area contributed by atoms with Crippen LogP contribution in [0.5, 0.6) is 11.5 Å². The first kappa shape index (κ1) is 26.5. The van der Waals surface area contributed by atoms with Crippen molar-refractivity contribution in [2.75, 3.05) is 56.8 Å². The number of alkyl halides is 3. The van der Waals surface area contributed by atoms with Gasteiger partial charge in [-0.15, -0.1) is 0 Å². The smallest absolute Gasteiger partial charge is 0.418 e. The highest BCUT2D eigenvalue weighted by Gasteiger charge is 2.36. The number of anilines is 2. The number of pyridine rings is 1. The number of carbonyl (C=O) groups is 1. The van der Waals surface area contributed by atoms with Gasteiger partial charge >= 0.3 is 11.7 Å². The number of hydrogen-bond acceptors (Lipinski definition) is 9. The van der Waals surface area contributed by atoms with Crippen molar-refractivity contribution in [1.29, 1.82) is 0 Å². The van der Waals surface area contributed by atoms with Crippen molar-refractivity contribution in [2.45, 2.75) is 38.0 Å². The molecular formula is C23H29F3N6O5. The lowest BCUT2D eigenvalue weighted by Crippen LogP contribution is -2.55. The largest absolute Gasteiger partial charge is 0.490 e. The average molecular weight is 527 g/mol. The lowest BCUT2D eigenvalue weighted by molar-refractivity contribution is -0.138. The van der Waals surface area contributed by atoms with E-state index in [4.69, 9.17) is 14.2 Å². The maximum atomic E-state index is 13.1. The normalized spacial score (nSPS) is 18.2. The lowest BCUT2D eigenvalue weighted by atomic mass is 10.1. The Balaban J connectivity index is 1.25. The van der Waals surface area contributed by atoms with E-state index in [1.54, 1.807) is 4.90 Å². The Hall–Kier alpha value is -3.55. The molecule has 4 heterocycles. The zero-order valence-corrected chi connectivity index (χ0v) is 20.5. The van der Waals surface area contributed by atoms with Crippen LogP contribution in [0.3, 0.4) is 0 Å². The fraction of sp³-hybridized carbons (Fsp3) is 0.565. The number of methoxy groups -OCH3 is 1. The number of nitrogens with one attached hydrogen (secondary N) is 2. The average Bonchev–Trinajstić information content (AvgIpc) is 3.04. The summed E-state index contributed by atoms with van der Waals surface area (Å²) in [6, 6.07) is 0.705. The van der Waals surface area contributed by atoms with Gasteiger partial charge in [-0.25, -0.2) is 10.1 Å². The van der Waals surface area contributed by atoms with Gasteiger partial charge in [-0.1, -0.05) is 0 Å². The second-order valence-electron chi connectivity index (χ2n) is 8.88. The van der Waals surface area contributed by atoms with Crippen LogP contribution in [0.25, 0.3) is 0 Å². The van der Waals surface area contributed by atoms with Crippen LogP contribution < -0.4 is 25.2 Å². The molecule has 0 unspecified atom stereocenters. The Morgan fingerprint density at radius 1 is 1.35 bits per heavy atom. The van der Waals surface area contributed by atoms with E-state index in [0.717, 1.165) is 12.3 Å². The first-order valence-corrected chi connectivity index (χ1v) is 11.9. The summed E-state index contributed by atoms with van der Waals surface area (Å²) in [6.45, 7) is 3.90. The highest BCUT2D eigenvalue weighted by atomic mass is 19.4. The van der Waals surface area contributed by atoms with Crippen molar-refractivity contribution >= 4 is 17.4 Å². The molecule has 0 bridgehead atoms. The maximum Gasteiger partial charge on any atom is 0.418 e. The van der Waals surface area contributed by atoms with Crippen molar-refractivity contribution < 1.29 is 32.2 Å². The number of H-pyrrole nitrogens is 1. The fourth-order valence-electron chi connectivity index (χ4n) is 4.40. The van der Waals surface area contributed by atoms with Gasteiger partial charge in [-0.2, -0.15) is 18.3 Å². The van der Waals surface area contributed by atoms with Gasteiger partial charge < -0.3 is 29.3 Å². The van der Waals surface area contributed by atoms with E-state index in [2.05, 4.69) is 20.5 Å². The van der Waals surface area contributed by atoms with Gasteiger partial charge in [-0.05, 0) is 13.0 Å². The van der Waals surface area contributed by atoms with Crippen LogP contribution in [0.15, 0.2) is 23.3 Å². The van der Waals surface area contributed by atoms with E-state index in [1.165, 1.54) is 13.3 Å². The molecule has 0 spiro atoms. The maximum absolute atomic E-state index is 13.1. The first-order valence-electron chi connectivity index (χ1n) is 11.9. The molecule has 1 amide bonds. The summed E-state index contributed by atoms with van der Waals surface area (Å²) in [7, 11) is 1.39. The van der Waals surface area contributed by atoms with E-state index in [1.807, 2.05) is 11.8 Å². The highest BCUT2D eigenvalue weighted by molar-refractivity contribution is 5.76. The molecule has 0 saturated carbocycles. The zero-order chi connectivity index (χ0) is 26.6. The number of aromatic nitrogens is 3. The zero-order valence-electron chi connectivity index (χ0n) is 20.5. The second-order valence-corrected chi connectivity index (χ2v) is 8.88. The molecule has 2 aromatic rings. The van der Waals surface area contributed by atoms with Gasteiger partial charge in [0.2, 0.25) is 11.7 Å². The van der Waals surface area contributed by atoms with Crippen molar-refractivity contribution in [3.63, 3.8) is 0 Å². The second kappa shape index (κ2) is 11.2. The Kier molecular flexibility index (Phi) is 8.05. The Morgan fingerprint density at radius 2 is 2.16 bits per heavy atom. The number of hydrogen-bond donors (Lipinski definition) is 2. The van der Waals surface area contributed by atoms with E-state index in [9.17, 15) is 22.8 Å². The summed E-state index contributed by atoms with van der Waals surface area (Å²) in [6.07, 6.45) is -1.49. The van der Waals surface area contributed by atoms with Gasteiger partial charge in [0, 0.05) is 38.3 Å². The molecule has 1 saturated heterocycles. The standard InChI is InChI=1S/C23H29F3N6O5/c1-14(29-17-11-28-30-22(34)20(17)35-2)13-36-7-4-19(33)31-5-6-32-16(12-31)3-8-37-18-9-15(23(24,25)26)10-27-21(18)32/h9-11,14,16H,3-8,12-13H2,1-2H3,(H2,29,30,34)/t14-,16+/m0/s1. The summed E-state index contributed by atoms with van der Waals surface area (Å²) < 4.78 is 55.5. The van der Waals surface area contributed by atoms with Gasteiger partial charge in [0.15, 0.2) is 11.6 Å². The van der Waals surface area contributed by atoms with Gasteiger partial charge in [0.25, 0.3) is 0 Å². The third-order valence-electron chi connectivity index (χ3n) is 6.22. The van der Waals surface area contributed by atoms with Crippen molar-refractivity contribution in [3.05, 3.63) is 34.4 Å².